The molecule has 0 bridgehead atoms. The second kappa shape index (κ2) is 7.97. The predicted molar refractivity (Wildman–Crippen MR) is 89.5 cm³/mol. The van der Waals surface area contributed by atoms with Gasteiger partial charge in [-0.05, 0) is 49.1 Å². The van der Waals surface area contributed by atoms with Gasteiger partial charge in [-0.15, -0.1) is 0 Å². The molecular formula is C18H23N3O3. The van der Waals surface area contributed by atoms with Gasteiger partial charge < -0.3 is 14.6 Å². The Labute approximate surface area is 141 Å². The van der Waals surface area contributed by atoms with Gasteiger partial charge in [-0.3, -0.25) is 9.69 Å². The van der Waals surface area contributed by atoms with Gasteiger partial charge in [-0.2, -0.15) is 0 Å². The highest BCUT2D eigenvalue weighted by Crippen LogP contribution is 2.13. The van der Waals surface area contributed by atoms with E-state index in [9.17, 15) is 4.79 Å². The maximum atomic E-state index is 11.8. The number of benzene rings is 1. The molecule has 128 valence electrons. The summed E-state index contributed by atoms with van der Waals surface area (Å²) in [6, 6.07) is 10.0. The molecule has 0 unspecified atom stereocenters. The molecule has 0 atom stereocenters. The first-order valence-corrected chi connectivity index (χ1v) is 8.32. The third kappa shape index (κ3) is 4.83. The first-order valence-electron chi connectivity index (χ1n) is 8.32. The molecule has 1 aromatic carbocycles. The molecule has 0 aliphatic carbocycles. The van der Waals surface area contributed by atoms with Gasteiger partial charge in [0.1, 0.15) is 5.76 Å². The summed E-state index contributed by atoms with van der Waals surface area (Å²) in [5.74, 6) is 0.796. The number of carbonyl (C=O) groups is 1. The molecule has 2 heterocycles. The highest BCUT2D eigenvalue weighted by atomic mass is 16.5. The van der Waals surface area contributed by atoms with Crippen molar-refractivity contribution in [3.05, 3.63) is 47.2 Å². The van der Waals surface area contributed by atoms with E-state index in [0.29, 0.717) is 18.2 Å². The number of hydrogen-bond donors (Lipinski definition) is 1. The maximum absolute atomic E-state index is 11.8. The van der Waals surface area contributed by atoms with Crippen LogP contribution in [0.2, 0.25) is 0 Å². The number of likely N-dealkylation sites (tertiary alicyclic amines) is 1. The monoisotopic (exact) mass is 329 g/mol. The lowest BCUT2D eigenvalue weighted by atomic mass is 10.1. The van der Waals surface area contributed by atoms with Crippen LogP contribution in [0, 0.1) is 6.92 Å². The normalized spacial score (nSPS) is 14.7. The Kier molecular flexibility index (Phi) is 5.48. The molecule has 2 aromatic rings. The fourth-order valence-electron chi connectivity index (χ4n) is 2.76. The van der Waals surface area contributed by atoms with Gasteiger partial charge in [-0.1, -0.05) is 24.3 Å². The second-order valence-electron chi connectivity index (χ2n) is 6.14. The van der Waals surface area contributed by atoms with Crippen molar-refractivity contribution < 1.29 is 14.1 Å². The highest BCUT2D eigenvalue weighted by Gasteiger charge is 2.11. The van der Waals surface area contributed by atoms with Crippen LogP contribution in [0.3, 0.4) is 0 Å². The third-order valence-corrected chi connectivity index (χ3v) is 4.08. The van der Waals surface area contributed by atoms with Crippen molar-refractivity contribution in [2.24, 2.45) is 0 Å². The highest BCUT2D eigenvalue weighted by molar-refractivity contribution is 5.77. The molecule has 0 saturated carbocycles. The van der Waals surface area contributed by atoms with E-state index < -0.39 is 0 Å². The molecule has 0 spiro atoms. The SMILES string of the molecule is Cc1cc(OCC(=O)NCc2ccc(CN3CCCC3)cc2)no1. The number of amides is 1. The van der Waals surface area contributed by atoms with Crippen LogP contribution in [0.5, 0.6) is 5.88 Å². The Balaban J connectivity index is 1.39. The van der Waals surface area contributed by atoms with E-state index in [4.69, 9.17) is 9.26 Å². The Morgan fingerprint density at radius 3 is 2.62 bits per heavy atom. The molecule has 6 heteroatoms. The summed E-state index contributed by atoms with van der Waals surface area (Å²) in [5.41, 5.74) is 2.39. The zero-order valence-corrected chi connectivity index (χ0v) is 14.0. The average Bonchev–Trinajstić information content (AvgIpc) is 3.24. The third-order valence-electron chi connectivity index (χ3n) is 4.08. The number of ether oxygens (including phenoxy) is 1. The minimum absolute atomic E-state index is 0.0704. The molecule has 1 N–H and O–H groups in total. The van der Waals surface area contributed by atoms with E-state index in [1.807, 2.05) is 0 Å². The van der Waals surface area contributed by atoms with Crippen molar-refractivity contribution >= 4 is 5.91 Å². The number of nitrogens with one attached hydrogen (secondary N) is 1. The number of hydrogen-bond acceptors (Lipinski definition) is 5. The molecular weight excluding hydrogens is 306 g/mol. The van der Waals surface area contributed by atoms with Gasteiger partial charge >= 0.3 is 0 Å². The van der Waals surface area contributed by atoms with Gasteiger partial charge in [0.25, 0.3) is 11.8 Å². The minimum atomic E-state index is -0.184. The molecule has 1 aromatic heterocycles. The topological polar surface area (TPSA) is 67.6 Å². The van der Waals surface area contributed by atoms with E-state index in [1.165, 1.54) is 31.5 Å². The summed E-state index contributed by atoms with van der Waals surface area (Å²) in [4.78, 5) is 14.3. The molecule has 1 amide bonds. The van der Waals surface area contributed by atoms with Crippen LogP contribution in [-0.4, -0.2) is 35.7 Å². The van der Waals surface area contributed by atoms with Crippen molar-refractivity contribution in [1.29, 1.82) is 0 Å². The smallest absolute Gasteiger partial charge is 0.258 e. The second-order valence-corrected chi connectivity index (χ2v) is 6.14. The van der Waals surface area contributed by atoms with Gasteiger partial charge in [0.05, 0.1) is 0 Å². The number of nitrogens with zero attached hydrogens (tertiary/aromatic N) is 2. The van der Waals surface area contributed by atoms with Crippen LogP contribution >= 0.6 is 0 Å². The summed E-state index contributed by atoms with van der Waals surface area (Å²) in [6.45, 7) is 5.60. The summed E-state index contributed by atoms with van der Waals surface area (Å²) in [6.07, 6.45) is 2.61. The lowest BCUT2D eigenvalue weighted by molar-refractivity contribution is -0.123. The molecule has 6 nitrogen and oxygen atoms in total. The summed E-state index contributed by atoms with van der Waals surface area (Å²) in [7, 11) is 0. The molecule has 1 fully saturated rings. The first kappa shape index (κ1) is 16.5. The fourth-order valence-corrected chi connectivity index (χ4v) is 2.76. The van der Waals surface area contributed by atoms with E-state index in [0.717, 1.165) is 12.1 Å². The fraction of sp³-hybridized carbons (Fsp3) is 0.444. The predicted octanol–water partition coefficient (Wildman–Crippen LogP) is 2.27. The Hall–Kier alpha value is -2.34. The van der Waals surface area contributed by atoms with Gasteiger partial charge in [-0.25, -0.2) is 0 Å². The maximum Gasteiger partial charge on any atom is 0.258 e. The quantitative estimate of drug-likeness (QED) is 0.844. The minimum Gasteiger partial charge on any atom is -0.465 e. The zero-order valence-electron chi connectivity index (χ0n) is 14.0. The van der Waals surface area contributed by atoms with Crippen LogP contribution < -0.4 is 10.1 Å². The number of rotatable bonds is 7. The van der Waals surface area contributed by atoms with Crippen LogP contribution in [0.1, 0.15) is 29.7 Å². The zero-order chi connectivity index (χ0) is 16.8. The van der Waals surface area contributed by atoms with Crippen molar-refractivity contribution in [1.82, 2.24) is 15.4 Å². The summed E-state index contributed by atoms with van der Waals surface area (Å²) >= 11 is 0. The van der Waals surface area contributed by atoms with Gasteiger partial charge in [0.2, 0.25) is 0 Å². The van der Waals surface area contributed by atoms with Crippen molar-refractivity contribution in [2.45, 2.75) is 32.9 Å². The van der Waals surface area contributed by atoms with Crippen LogP contribution in [-0.2, 0) is 17.9 Å². The number of carbonyl (C=O) groups excluding carboxylic acids is 1. The number of aromatic nitrogens is 1. The van der Waals surface area contributed by atoms with Crippen LogP contribution in [0.4, 0.5) is 0 Å². The molecule has 1 aliphatic rings. The molecule has 1 saturated heterocycles. The lowest BCUT2D eigenvalue weighted by Gasteiger charge is -2.14. The van der Waals surface area contributed by atoms with Crippen molar-refractivity contribution in [3.63, 3.8) is 0 Å². The van der Waals surface area contributed by atoms with Crippen molar-refractivity contribution in [3.8, 4) is 5.88 Å². The van der Waals surface area contributed by atoms with E-state index >= 15 is 0 Å². The van der Waals surface area contributed by atoms with E-state index in [2.05, 4.69) is 39.6 Å². The summed E-state index contributed by atoms with van der Waals surface area (Å²) < 4.78 is 10.1. The van der Waals surface area contributed by atoms with E-state index in [1.54, 1.807) is 13.0 Å². The van der Waals surface area contributed by atoms with Gasteiger partial charge in [0.15, 0.2) is 6.61 Å². The Morgan fingerprint density at radius 2 is 1.96 bits per heavy atom. The lowest BCUT2D eigenvalue weighted by Crippen LogP contribution is -2.28. The summed E-state index contributed by atoms with van der Waals surface area (Å²) in [5, 5.41) is 6.51. The molecule has 3 rings (SSSR count). The van der Waals surface area contributed by atoms with E-state index in [-0.39, 0.29) is 12.5 Å². The molecule has 0 radical (unpaired) electrons. The van der Waals surface area contributed by atoms with Crippen LogP contribution in [0.25, 0.3) is 0 Å². The van der Waals surface area contributed by atoms with Crippen molar-refractivity contribution in [2.75, 3.05) is 19.7 Å². The Morgan fingerprint density at radius 1 is 1.25 bits per heavy atom. The Bertz CT molecular complexity index is 660. The molecule has 24 heavy (non-hydrogen) atoms. The standard InChI is InChI=1S/C18H23N3O3/c1-14-10-18(20-24-14)23-13-17(22)19-11-15-4-6-16(7-5-15)12-21-8-2-3-9-21/h4-7,10H,2-3,8-9,11-13H2,1H3,(H,19,22). The van der Waals surface area contributed by atoms with Gasteiger partial charge in [0, 0.05) is 19.2 Å². The molecule has 1 aliphatic heterocycles. The van der Waals surface area contributed by atoms with Crippen LogP contribution in [0.15, 0.2) is 34.9 Å². The number of aryl methyl sites for hydroxylation is 1. The average molecular weight is 329 g/mol. The largest absolute Gasteiger partial charge is 0.465 e. The first-order chi connectivity index (χ1) is 11.7.